The van der Waals surface area contributed by atoms with Gasteiger partial charge in [-0.15, -0.1) is 0 Å². The first-order chi connectivity index (χ1) is 14.9. The van der Waals surface area contributed by atoms with Crippen LogP contribution < -0.4 is 14.8 Å². The van der Waals surface area contributed by atoms with Crippen molar-refractivity contribution in [3.05, 3.63) is 83.7 Å². The number of thiazole rings is 1. The monoisotopic (exact) mass is 444 g/mol. The lowest BCUT2D eigenvalue weighted by atomic mass is 10.1. The van der Waals surface area contributed by atoms with Crippen molar-refractivity contribution in [2.75, 3.05) is 5.32 Å². The third-order valence-corrected chi connectivity index (χ3v) is 5.26. The van der Waals surface area contributed by atoms with E-state index in [-0.39, 0.29) is 0 Å². The number of para-hydroxylation sites is 1. The molecule has 4 aromatic rings. The summed E-state index contributed by atoms with van der Waals surface area (Å²) < 4.78 is 52.9. The summed E-state index contributed by atoms with van der Waals surface area (Å²) in [5.41, 5.74) is 0.0959. The lowest BCUT2D eigenvalue weighted by Gasteiger charge is -2.16. The summed E-state index contributed by atoms with van der Waals surface area (Å²) in [6.07, 6.45) is -1.76. The minimum atomic E-state index is -1.28. The molecule has 1 amide bonds. The van der Waals surface area contributed by atoms with Crippen LogP contribution in [0.5, 0.6) is 11.5 Å². The van der Waals surface area contributed by atoms with E-state index in [1.54, 1.807) is 48.5 Å². The number of hydrogen-bond donors (Lipinski definition) is 1. The smallest absolute Gasteiger partial charge is 0.418 e. The van der Waals surface area contributed by atoms with Crippen LogP contribution in [0.2, 0.25) is 0 Å². The number of hydrogen-bond acceptors (Lipinski definition) is 5. The minimum Gasteiger partial charge on any atom is -0.486 e. The van der Waals surface area contributed by atoms with E-state index in [1.807, 2.05) is 0 Å². The Morgan fingerprint density at radius 3 is 2.52 bits per heavy atom. The number of nitrogens with zero attached hydrogens (tertiary/aromatic N) is 1. The highest BCUT2D eigenvalue weighted by atomic mass is 32.1. The second-order valence-corrected chi connectivity index (χ2v) is 7.52. The van der Waals surface area contributed by atoms with Gasteiger partial charge in [-0.1, -0.05) is 29.5 Å². The fourth-order valence-electron chi connectivity index (χ4n) is 2.92. The molecule has 0 saturated carbocycles. The van der Waals surface area contributed by atoms with Crippen LogP contribution in [0, 0.1) is 17.5 Å². The molecule has 158 valence electrons. The third kappa shape index (κ3) is 4.61. The van der Waals surface area contributed by atoms with E-state index in [4.69, 9.17) is 9.47 Å². The lowest BCUT2D eigenvalue weighted by molar-refractivity contribution is 0.213. The van der Waals surface area contributed by atoms with Gasteiger partial charge in [-0.05, 0) is 49.4 Å². The molecule has 0 bridgehead atoms. The standard InChI is InChI=1S/C22H15F3N2O3S/c1-12(19-15(23)8-9-16(24)20(19)25)29-14-7-10-17-18(11-14)31-21(26-17)27-22(28)30-13-5-3-2-4-6-13/h2-12H,1H3,(H,26,27,28). The Hall–Kier alpha value is -3.59. The molecule has 0 fully saturated rings. The second-order valence-electron chi connectivity index (χ2n) is 6.49. The number of nitrogens with one attached hydrogen (secondary N) is 1. The Balaban J connectivity index is 1.49. The molecule has 9 heteroatoms. The lowest BCUT2D eigenvalue weighted by Crippen LogP contribution is -2.16. The predicted molar refractivity (Wildman–Crippen MR) is 111 cm³/mol. The normalized spacial score (nSPS) is 11.9. The van der Waals surface area contributed by atoms with Gasteiger partial charge in [-0.25, -0.2) is 22.9 Å². The number of aromatic nitrogens is 1. The fourth-order valence-corrected chi connectivity index (χ4v) is 3.80. The predicted octanol–water partition coefficient (Wildman–Crippen LogP) is 6.46. The van der Waals surface area contributed by atoms with Gasteiger partial charge in [0.1, 0.15) is 23.4 Å². The minimum absolute atomic E-state index is 0.309. The van der Waals surface area contributed by atoms with Crippen molar-refractivity contribution in [3.63, 3.8) is 0 Å². The molecule has 4 rings (SSSR count). The Kier molecular flexibility index (Phi) is 5.77. The molecule has 1 heterocycles. The first kappa shape index (κ1) is 20.7. The SMILES string of the molecule is CC(Oc1ccc2nc(NC(=O)Oc3ccccc3)sc2c1)c1c(F)ccc(F)c1F. The van der Waals surface area contributed by atoms with Crippen molar-refractivity contribution in [2.45, 2.75) is 13.0 Å². The van der Waals surface area contributed by atoms with Crippen LogP contribution >= 0.6 is 11.3 Å². The number of rotatable bonds is 5. The van der Waals surface area contributed by atoms with E-state index >= 15 is 0 Å². The summed E-state index contributed by atoms with van der Waals surface area (Å²) in [6, 6.07) is 15.0. The molecule has 0 radical (unpaired) electrons. The molecule has 0 aliphatic carbocycles. The van der Waals surface area contributed by atoms with Crippen LogP contribution in [0.3, 0.4) is 0 Å². The van der Waals surface area contributed by atoms with Crippen molar-refractivity contribution in [1.82, 2.24) is 4.98 Å². The number of benzene rings is 3. The van der Waals surface area contributed by atoms with E-state index < -0.39 is 35.2 Å². The Labute approximate surface area is 179 Å². The van der Waals surface area contributed by atoms with E-state index in [2.05, 4.69) is 10.3 Å². The number of ether oxygens (including phenoxy) is 2. The van der Waals surface area contributed by atoms with Gasteiger partial charge in [-0.2, -0.15) is 0 Å². The molecule has 3 aromatic carbocycles. The van der Waals surface area contributed by atoms with E-state index in [1.165, 1.54) is 18.3 Å². The van der Waals surface area contributed by atoms with Gasteiger partial charge in [0.05, 0.1) is 15.8 Å². The molecule has 1 N–H and O–H groups in total. The summed E-state index contributed by atoms with van der Waals surface area (Å²) in [5, 5.41) is 2.86. The highest BCUT2D eigenvalue weighted by Gasteiger charge is 2.21. The van der Waals surface area contributed by atoms with Gasteiger partial charge in [0.25, 0.3) is 0 Å². The maximum Gasteiger partial charge on any atom is 0.418 e. The van der Waals surface area contributed by atoms with Crippen LogP contribution in [-0.2, 0) is 0 Å². The highest BCUT2D eigenvalue weighted by molar-refractivity contribution is 7.22. The van der Waals surface area contributed by atoms with Crippen LogP contribution in [0.4, 0.5) is 23.1 Å². The Morgan fingerprint density at radius 1 is 1.00 bits per heavy atom. The van der Waals surface area contributed by atoms with Crippen LogP contribution in [-0.4, -0.2) is 11.1 Å². The number of carbonyl (C=O) groups excluding carboxylic acids is 1. The fraction of sp³-hybridized carbons (Fsp3) is 0.0909. The van der Waals surface area contributed by atoms with Crippen LogP contribution in [0.15, 0.2) is 60.7 Å². The van der Waals surface area contributed by atoms with Crippen molar-refractivity contribution >= 4 is 32.8 Å². The van der Waals surface area contributed by atoms with Gasteiger partial charge in [-0.3, -0.25) is 5.32 Å². The molecule has 1 aromatic heterocycles. The van der Waals surface area contributed by atoms with Gasteiger partial charge in [0.2, 0.25) is 0 Å². The summed E-state index contributed by atoms with van der Waals surface area (Å²) in [4.78, 5) is 16.3. The number of halogens is 3. The van der Waals surface area contributed by atoms with Crippen LogP contribution in [0.25, 0.3) is 10.2 Å². The number of carbonyl (C=O) groups is 1. The van der Waals surface area contributed by atoms with Crippen molar-refractivity contribution in [2.24, 2.45) is 0 Å². The number of amides is 1. The van der Waals surface area contributed by atoms with Gasteiger partial charge in [0.15, 0.2) is 16.8 Å². The van der Waals surface area contributed by atoms with Crippen LogP contribution in [0.1, 0.15) is 18.6 Å². The Bertz CT molecular complexity index is 1250. The summed E-state index contributed by atoms with van der Waals surface area (Å²) in [5.74, 6) is -2.63. The van der Waals surface area contributed by atoms with E-state index in [0.29, 0.717) is 26.8 Å². The molecule has 5 nitrogen and oxygen atoms in total. The molecule has 31 heavy (non-hydrogen) atoms. The molecular formula is C22H15F3N2O3S. The van der Waals surface area contributed by atoms with Crippen molar-refractivity contribution in [1.29, 1.82) is 0 Å². The average Bonchev–Trinajstić information content (AvgIpc) is 3.13. The summed E-state index contributed by atoms with van der Waals surface area (Å²) in [6.45, 7) is 1.42. The number of anilines is 1. The highest BCUT2D eigenvalue weighted by Crippen LogP contribution is 2.32. The van der Waals surface area contributed by atoms with Gasteiger partial charge < -0.3 is 9.47 Å². The van der Waals surface area contributed by atoms with E-state index in [0.717, 1.165) is 12.1 Å². The van der Waals surface area contributed by atoms with E-state index in [9.17, 15) is 18.0 Å². The van der Waals surface area contributed by atoms with Crippen molar-refractivity contribution < 1.29 is 27.4 Å². The zero-order valence-corrected chi connectivity index (χ0v) is 16.9. The zero-order valence-electron chi connectivity index (χ0n) is 16.1. The second kappa shape index (κ2) is 8.65. The topological polar surface area (TPSA) is 60.5 Å². The summed E-state index contributed by atoms with van der Waals surface area (Å²) >= 11 is 1.17. The first-order valence-corrected chi connectivity index (χ1v) is 9.97. The van der Waals surface area contributed by atoms with Gasteiger partial charge in [0, 0.05) is 0 Å². The third-order valence-electron chi connectivity index (χ3n) is 4.32. The zero-order chi connectivity index (χ0) is 22.0. The average molecular weight is 444 g/mol. The maximum atomic E-state index is 14.0. The molecule has 1 unspecified atom stereocenters. The first-order valence-electron chi connectivity index (χ1n) is 9.15. The molecular weight excluding hydrogens is 429 g/mol. The maximum absolute atomic E-state index is 14.0. The van der Waals surface area contributed by atoms with Gasteiger partial charge >= 0.3 is 6.09 Å². The largest absolute Gasteiger partial charge is 0.486 e. The molecule has 0 saturated heterocycles. The quantitative estimate of drug-likeness (QED) is 0.359. The Morgan fingerprint density at radius 2 is 1.74 bits per heavy atom. The molecule has 0 aliphatic rings. The number of fused-ring (bicyclic) bond motifs is 1. The van der Waals surface area contributed by atoms with Crippen molar-refractivity contribution in [3.8, 4) is 11.5 Å². The molecule has 0 aliphatic heterocycles. The summed E-state index contributed by atoms with van der Waals surface area (Å²) in [7, 11) is 0. The molecule has 1 atom stereocenters. The molecule has 0 spiro atoms.